The fourth-order valence-corrected chi connectivity index (χ4v) is 5.39. The van der Waals surface area contributed by atoms with Crippen LogP contribution in [0.15, 0.2) is 77.7 Å². The Labute approximate surface area is 218 Å². The van der Waals surface area contributed by atoms with E-state index in [2.05, 4.69) is 5.32 Å². The van der Waals surface area contributed by atoms with Crippen molar-refractivity contribution in [2.45, 2.75) is 45.2 Å². The third-order valence-electron chi connectivity index (χ3n) is 6.09. The van der Waals surface area contributed by atoms with Gasteiger partial charge in [0, 0.05) is 18.7 Å². The Bertz CT molecular complexity index is 1360. The van der Waals surface area contributed by atoms with E-state index in [0.29, 0.717) is 17.8 Å². The maximum absolute atomic E-state index is 14.5. The highest BCUT2D eigenvalue weighted by atomic mass is 32.2. The molecule has 196 valence electrons. The van der Waals surface area contributed by atoms with Crippen LogP contribution in [-0.4, -0.2) is 44.3 Å². The number of likely N-dealkylation sites (N-methyl/N-ethyl adjacent to an activating group) is 1. The molecule has 7 nitrogen and oxygen atoms in total. The minimum atomic E-state index is -4.15. The third-order valence-corrected chi connectivity index (χ3v) is 7.86. The van der Waals surface area contributed by atoms with E-state index in [1.54, 1.807) is 56.3 Å². The van der Waals surface area contributed by atoms with E-state index in [-0.39, 0.29) is 17.0 Å². The zero-order valence-corrected chi connectivity index (χ0v) is 22.3. The van der Waals surface area contributed by atoms with Crippen LogP contribution in [-0.2, 0) is 26.2 Å². The SMILES string of the molecule is CCNC(=O)[C@H](C)N(Cc1ccccc1F)C(=O)CN(c1ccccc1C)S(=O)(=O)c1ccc(C)cc1. The number of hydrogen-bond donors (Lipinski definition) is 1. The molecule has 0 unspecified atom stereocenters. The lowest BCUT2D eigenvalue weighted by molar-refractivity contribution is -0.139. The van der Waals surface area contributed by atoms with Gasteiger partial charge in [0.2, 0.25) is 11.8 Å². The Morgan fingerprint density at radius 1 is 0.946 bits per heavy atom. The van der Waals surface area contributed by atoms with Crippen LogP contribution in [0.2, 0.25) is 0 Å². The Balaban J connectivity index is 2.05. The predicted octanol–water partition coefficient (Wildman–Crippen LogP) is 4.19. The number of nitrogens with zero attached hydrogens (tertiary/aromatic N) is 2. The summed E-state index contributed by atoms with van der Waals surface area (Å²) in [6.45, 7) is 6.48. The number of aryl methyl sites for hydroxylation is 2. The quantitative estimate of drug-likeness (QED) is 0.430. The second-order valence-electron chi connectivity index (χ2n) is 8.79. The van der Waals surface area contributed by atoms with Crippen molar-refractivity contribution in [2.75, 3.05) is 17.4 Å². The molecule has 0 spiro atoms. The van der Waals surface area contributed by atoms with Crippen molar-refractivity contribution >= 4 is 27.5 Å². The highest BCUT2D eigenvalue weighted by Crippen LogP contribution is 2.27. The van der Waals surface area contributed by atoms with Gasteiger partial charge in [-0.15, -0.1) is 0 Å². The lowest BCUT2D eigenvalue weighted by atomic mass is 10.1. The Hall–Kier alpha value is -3.72. The van der Waals surface area contributed by atoms with Crippen molar-refractivity contribution < 1.29 is 22.4 Å². The molecule has 0 saturated heterocycles. The molecule has 2 amide bonds. The van der Waals surface area contributed by atoms with Crippen molar-refractivity contribution in [2.24, 2.45) is 0 Å². The average molecular weight is 526 g/mol. The number of anilines is 1. The number of sulfonamides is 1. The molecule has 1 N–H and O–H groups in total. The monoisotopic (exact) mass is 525 g/mol. The van der Waals surface area contributed by atoms with Crippen LogP contribution < -0.4 is 9.62 Å². The van der Waals surface area contributed by atoms with Crippen molar-refractivity contribution in [3.63, 3.8) is 0 Å². The summed E-state index contributed by atoms with van der Waals surface area (Å²) >= 11 is 0. The molecule has 3 aromatic rings. The molecule has 0 bridgehead atoms. The normalized spacial score (nSPS) is 12.0. The number of carbonyl (C=O) groups is 2. The summed E-state index contributed by atoms with van der Waals surface area (Å²) in [5.41, 5.74) is 2.11. The van der Waals surface area contributed by atoms with Gasteiger partial charge in [-0.2, -0.15) is 0 Å². The van der Waals surface area contributed by atoms with Gasteiger partial charge < -0.3 is 10.2 Å². The van der Waals surface area contributed by atoms with Gasteiger partial charge in [-0.05, 0) is 57.5 Å². The van der Waals surface area contributed by atoms with Gasteiger partial charge in [-0.25, -0.2) is 12.8 Å². The number of para-hydroxylation sites is 1. The third kappa shape index (κ3) is 6.54. The van der Waals surface area contributed by atoms with Crippen LogP contribution in [0.5, 0.6) is 0 Å². The van der Waals surface area contributed by atoms with Gasteiger partial charge in [-0.3, -0.25) is 13.9 Å². The van der Waals surface area contributed by atoms with E-state index in [0.717, 1.165) is 9.87 Å². The molecule has 0 aromatic heterocycles. The van der Waals surface area contributed by atoms with Crippen LogP contribution in [0, 0.1) is 19.7 Å². The van der Waals surface area contributed by atoms with Crippen LogP contribution in [0.3, 0.4) is 0 Å². The molecule has 0 aliphatic carbocycles. The molecule has 9 heteroatoms. The number of rotatable bonds is 10. The molecule has 3 aromatic carbocycles. The number of halogens is 1. The van der Waals surface area contributed by atoms with Gasteiger partial charge >= 0.3 is 0 Å². The molecule has 0 aliphatic rings. The Morgan fingerprint density at radius 2 is 1.57 bits per heavy atom. The van der Waals surface area contributed by atoms with Crippen LogP contribution >= 0.6 is 0 Å². The lowest BCUT2D eigenvalue weighted by Gasteiger charge is -2.32. The molecule has 0 heterocycles. The zero-order valence-electron chi connectivity index (χ0n) is 21.4. The van der Waals surface area contributed by atoms with E-state index in [1.165, 1.54) is 42.2 Å². The summed E-state index contributed by atoms with van der Waals surface area (Å²) in [5.74, 6) is -1.58. The van der Waals surface area contributed by atoms with Gasteiger partial charge in [0.25, 0.3) is 10.0 Å². The molecule has 0 saturated carbocycles. The van der Waals surface area contributed by atoms with E-state index in [4.69, 9.17) is 0 Å². The van der Waals surface area contributed by atoms with Gasteiger partial charge in [0.05, 0.1) is 10.6 Å². The minimum absolute atomic E-state index is 0.0339. The second kappa shape index (κ2) is 12.0. The molecule has 37 heavy (non-hydrogen) atoms. The van der Waals surface area contributed by atoms with Gasteiger partial charge in [-0.1, -0.05) is 54.1 Å². The largest absolute Gasteiger partial charge is 0.355 e. The number of amides is 2. The van der Waals surface area contributed by atoms with Crippen LogP contribution in [0.1, 0.15) is 30.5 Å². The van der Waals surface area contributed by atoms with Crippen LogP contribution in [0.4, 0.5) is 10.1 Å². The molecule has 0 radical (unpaired) electrons. The zero-order chi connectivity index (χ0) is 27.2. The van der Waals surface area contributed by atoms with Gasteiger partial charge in [0.1, 0.15) is 18.4 Å². The number of carbonyl (C=O) groups excluding carboxylic acids is 2. The Morgan fingerprint density at radius 3 is 2.19 bits per heavy atom. The number of hydrogen-bond acceptors (Lipinski definition) is 4. The van der Waals surface area contributed by atoms with Crippen molar-refractivity contribution in [1.29, 1.82) is 0 Å². The Kier molecular flexibility index (Phi) is 9.04. The summed E-state index contributed by atoms with van der Waals surface area (Å²) < 4.78 is 43.1. The van der Waals surface area contributed by atoms with Crippen LogP contribution in [0.25, 0.3) is 0 Å². The molecule has 0 fully saturated rings. The number of nitrogens with one attached hydrogen (secondary N) is 1. The smallest absolute Gasteiger partial charge is 0.264 e. The summed E-state index contributed by atoms with van der Waals surface area (Å²) in [5, 5.41) is 2.68. The summed E-state index contributed by atoms with van der Waals surface area (Å²) in [6, 6.07) is 18.2. The second-order valence-corrected chi connectivity index (χ2v) is 10.7. The maximum atomic E-state index is 14.5. The summed E-state index contributed by atoms with van der Waals surface area (Å²) in [4.78, 5) is 27.7. The first-order chi connectivity index (χ1) is 17.6. The average Bonchev–Trinajstić information content (AvgIpc) is 2.87. The summed E-state index contributed by atoms with van der Waals surface area (Å²) in [7, 11) is -4.15. The molecule has 0 aliphatic heterocycles. The van der Waals surface area contributed by atoms with E-state index < -0.39 is 40.2 Å². The highest BCUT2D eigenvalue weighted by molar-refractivity contribution is 7.92. The first-order valence-corrected chi connectivity index (χ1v) is 13.5. The predicted molar refractivity (Wildman–Crippen MR) is 142 cm³/mol. The molecular weight excluding hydrogens is 493 g/mol. The molecular formula is C28H32FN3O4S. The number of benzene rings is 3. The fourth-order valence-electron chi connectivity index (χ4n) is 3.91. The standard InChI is InChI=1S/C28H32FN3O4S/c1-5-30-28(34)22(4)31(18-23-11-7-8-12-25(23)29)27(33)19-32(26-13-9-6-10-21(26)3)37(35,36)24-16-14-20(2)15-17-24/h6-17,22H,5,18-19H2,1-4H3,(H,30,34)/t22-/m0/s1. The minimum Gasteiger partial charge on any atom is -0.355 e. The van der Waals surface area contributed by atoms with E-state index in [1.807, 2.05) is 6.92 Å². The van der Waals surface area contributed by atoms with Crippen molar-refractivity contribution in [3.05, 3.63) is 95.3 Å². The fraction of sp³-hybridized carbons (Fsp3) is 0.286. The lowest BCUT2D eigenvalue weighted by Crippen LogP contribution is -2.51. The topological polar surface area (TPSA) is 86.8 Å². The van der Waals surface area contributed by atoms with Gasteiger partial charge in [0.15, 0.2) is 0 Å². The maximum Gasteiger partial charge on any atom is 0.264 e. The van der Waals surface area contributed by atoms with Crippen molar-refractivity contribution in [1.82, 2.24) is 10.2 Å². The first kappa shape index (κ1) is 27.9. The molecule has 3 rings (SSSR count). The highest BCUT2D eigenvalue weighted by Gasteiger charge is 2.33. The molecule has 1 atom stereocenters. The van der Waals surface area contributed by atoms with Crippen molar-refractivity contribution in [3.8, 4) is 0 Å². The summed E-state index contributed by atoms with van der Waals surface area (Å²) in [6.07, 6.45) is 0. The van der Waals surface area contributed by atoms with E-state index >= 15 is 0 Å². The first-order valence-electron chi connectivity index (χ1n) is 12.0. The van der Waals surface area contributed by atoms with E-state index in [9.17, 15) is 22.4 Å².